The number of thioether (sulfide) groups is 1. The van der Waals surface area contributed by atoms with Crippen molar-refractivity contribution in [3.63, 3.8) is 0 Å². The molecule has 0 aliphatic rings. The topological polar surface area (TPSA) is 55.2 Å². The Bertz CT molecular complexity index is 407. The van der Waals surface area contributed by atoms with Crippen molar-refractivity contribution in [2.75, 3.05) is 17.6 Å². The molecular formula is C12H16N2O2S. The fourth-order valence-corrected chi connectivity index (χ4v) is 2.12. The second-order valence-electron chi connectivity index (χ2n) is 3.44. The zero-order chi connectivity index (χ0) is 12.7. The number of anilines is 1. The van der Waals surface area contributed by atoms with E-state index >= 15 is 0 Å². The van der Waals surface area contributed by atoms with Crippen molar-refractivity contribution in [2.45, 2.75) is 12.7 Å². The third-order valence-corrected chi connectivity index (χ3v) is 3.14. The Morgan fingerprint density at radius 3 is 2.94 bits per heavy atom. The molecule has 0 saturated carbocycles. The van der Waals surface area contributed by atoms with E-state index in [0.717, 1.165) is 17.1 Å². The first-order valence-electron chi connectivity index (χ1n) is 5.38. The van der Waals surface area contributed by atoms with Gasteiger partial charge in [-0.25, -0.2) is 0 Å². The van der Waals surface area contributed by atoms with Gasteiger partial charge in [0, 0.05) is 24.1 Å². The Morgan fingerprint density at radius 2 is 2.35 bits per heavy atom. The fraction of sp³-hybridized carbons (Fsp3) is 0.333. The molecule has 0 saturated heterocycles. The van der Waals surface area contributed by atoms with Crippen molar-refractivity contribution in [1.82, 2.24) is 0 Å². The normalized spacial score (nSPS) is 9.94. The van der Waals surface area contributed by atoms with Crippen LogP contribution in [0.15, 0.2) is 30.9 Å². The average molecular weight is 252 g/mol. The van der Waals surface area contributed by atoms with E-state index in [4.69, 9.17) is 0 Å². The number of benzene rings is 1. The summed E-state index contributed by atoms with van der Waals surface area (Å²) in [6, 6.07) is 5.20. The lowest BCUT2D eigenvalue weighted by Crippen LogP contribution is -2.01. The molecule has 0 fully saturated rings. The molecule has 1 N–H and O–H groups in total. The Morgan fingerprint density at radius 1 is 1.59 bits per heavy atom. The second-order valence-corrected chi connectivity index (χ2v) is 4.47. The monoisotopic (exact) mass is 252 g/mol. The largest absolute Gasteiger partial charge is 0.380 e. The molecule has 0 aromatic heterocycles. The molecule has 17 heavy (non-hydrogen) atoms. The van der Waals surface area contributed by atoms with Crippen LogP contribution in [0.1, 0.15) is 12.5 Å². The first-order chi connectivity index (χ1) is 8.19. The van der Waals surface area contributed by atoms with Crippen molar-refractivity contribution >= 4 is 23.1 Å². The van der Waals surface area contributed by atoms with E-state index in [0.29, 0.717) is 12.2 Å². The molecule has 0 heterocycles. The number of rotatable bonds is 7. The maximum Gasteiger partial charge on any atom is 0.292 e. The zero-order valence-corrected chi connectivity index (χ0v) is 10.6. The smallest absolute Gasteiger partial charge is 0.292 e. The third-order valence-electron chi connectivity index (χ3n) is 2.13. The van der Waals surface area contributed by atoms with Crippen molar-refractivity contribution in [3.05, 3.63) is 46.5 Å². The van der Waals surface area contributed by atoms with Crippen LogP contribution in [0.5, 0.6) is 0 Å². The van der Waals surface area contributed by atoms with E-state index in [1.807, 2.05) is 19.1 Å². The molecule has 0 spiro atoms. The van der Waals surface area contributed by atoms with Gasteiger partial charge in [0.05, 0.1) is 4.92 Å². The summed E-state index contributed by atoms with van der Waals surface area (Å²) in [5.41, 5.74) is 1.80. The van der Waals surface area contributed by atoms with Gasteiger partial charge in [-0.05, 0) is 18.6 Å². The van der Waals surface area contributed by atoms with Gasteiger partial charge in [-0.1, -0.05) is 12.1 Å². The Hall–Kier alpha value is -1.49. The summed E-state index contributed by atoms with van der Waals surface area (Å²) in [6.45, 7) is 6.24. The molecule has 0 amide bonds. The SMILES string of the molecule is C=CCSCc1ccc([N+](=O)[O-])c(NCC)c1. The molecule has 0 radical (unpaired) electrons. The van der Waals surface area contributed by atoms with Gasteiger partial charge in [0.15, 0.2) is 0 Å². The van der Waals surface area contributed by atoms with E-state index in [9.17, 15) is 10.1 Å². The number of hydrogen-bond acceptors (Lipinski definition) is 4. The molecule has 1 rings (SSSR count). The summed E-state index contributed by atoms with van der Waals surface area (Å²) in [7, 11) is 0. The van der Waals surface area contributed by atoms with Crippen LogP contribution in [0.3, 0.4) is 0 Å². The van der Waals surface area contributed by atoms with Crippen molar-refractivity contribution in [1.29, 1.82) is 0 Å². The highest BCUT2D eigenvalue weighted by molar-refractivity contribution is 7.98. The minimum absolute atomic E-state index is 0.129. The molecule has 0 aliphatic heterocycles. The first-order valence-corrected chi connectivity index (χ1v) is 6.54. The summed E-state index contributed by atoms with van der Waals surface area (Å²) >= 11 is 1.73. The molecule has 1 aromatic rings. The van der Waals surface area contributed by atoms with Gasteiger partial charge < -0.3 is 5.32 Å². The van der Waals surface area contributed by atoms with E-state index in [1.165, 1.54) is 0 Å². The van der Waals surface area contributed by atoms with E-state index < -0.39 is 0 Å². The van der Waals surface area contributed by atoms with Crippen LogP contribution in [-0.4, -0.2) is 17.2 Å². The lowest BCUT2D eigenvalue weighted by Gasteiger charge is -2.07. The molecule has 92 valence electrons. The zero-order valence-electron chi connectivity index (χ0n) is 9.81. The molecule has 1 aromatic carbocycles. The molecular weight excluding hydrogens is 236 g/mol. The van der Waals surface area contributed by atoms with E-state index in [-0.39, 0.29) is 10.6 Å². The fourth-order valence-electron chi connectivity index (χ4n) is 1.42. The standard InChI is InChI=1S/C12H16N2O2S/c1-3-7-17-9-10-5-6-12(14(15)16)11(8-10)13-4-2/h3,5-6,8,13H,1,4,7,9H2,2H3. The third kappa shape index (κ3) is 4.11. The highest BCUT2D eigenvalue weighted by atomic mass is 32.2. The molecule has 0 aliphatic carbocycles. The van der Waals surface area contributed by atoms with Crippen LogP contribution in [0.4, 0.5) is 11.4 Å². The number of hydrogen-bond donors (Lipinski definition) is 1. The summed E-state index contributed by atoms with van der Waals surface area (Å²) < 4.78 is 0. The summed E-state index contributed by atoms with van der Waals surface area (Å²) in [4.78, 5) is 10.5. The van der Waals surface area contributed by atoms with Crippen LogP contribution in [0.2, 0.25) is 0 Å². The highest BCUT2D eigenvalue weighted by Crippen LogP contribution is 2.27. The van der Waals surface area contributed by atoms with E-state index in [2.05, 4.69) is 11.9 Å². The highest BCUT2D eigenvalue weighted by Gasteiger charge is 2.13. The van der Waals surface area contributed by atoms with Crippen LogP contribution >= 0.6 is 11.8 Å². The quantitative estimate of drug-likeness (QED) is 0.349. The Kier molecular flexibility index (Phi) is 5.56. The summed E-state index contributed by atoms with van der Waals surface area (Å²) in [6.07, 6.45) is 1.85. The Labute approximate surface area is 105 Å². The van der Waals surface area contributed by atoms with Gasteiger partial charge in [0.1, 0.15) is 5.69 Å². The second kappa shape index (κ2) is 6.96. The lowest BCUT2D eigenvalue weighted by atomic mass is 10.2. The lowest BCUT2D eigenvalue weighted by molar-refractivity contribution is -0.384. The van der Waals surface area contributed by atoms with Crippen molar-refractivity contribution < 1.29 is 4.92 Å². The number of nitro benzene ring substituents is 1. The van der Waals surface area contributed by atoms with Gasteiger partial charge >= 0.3 is 0 Å². The van der Waals surface area contributed by atoms with E-state index in [1.54, 1.807) is 23.9 Å². The molecule has 5 heteroatoms. The van der Waals surface area contributed by atoms with Crippen LogP contribution in [0.25, 0.3) is 0 Å². The maximum atomic E-state index is 10.8. The summed E-state index contributed by atoms with van der Waals surface area (Å²) in [5, 5.41) is 13.8. The van der Waals surface area contributed by atoms with Crippen LogP contribution in [-0.2, 0) is 5.75 Å². The molecule has 4 nitrogen and oxygen atoms in total. The molecule has 0 atom stereocenters. The predicted molar refractivity (Wildman–Crippen MR) is 73.6 cm³/mol. The van der Waals surface area contributed by atoms with Crippen LogP contribution < -0.4 is 5.32 Å². The number of nitrogens with zero attached hydrogens (tertiary/aromatic N) is 1. The van der Waals surface area contributed by atoms with Gasteiger partial charge in [0.25, 0.3) is 5.69 Å². The maximum absolute atomic E-state index is 10.8. The van der Waals surface area contributed by atoms with Gasteiger partial charge in [-0.3, -0.25) is 10.1 Å². The van der Waals surface area contributed by atoms with Crippen molar-refractivity contribution in [3.8, 4) is 0 Å². The average Bonchev–Trinajstić information content (AvgIpc) is 2.30. The minimum atomic E-state index is -0.362. The minimum Gasteiger partial charge on any atom is -0.380 e. The number of nitro groups is 1. The number of nitrogens with one attached hydrogen (secondary N) is 1. The summed E-state index contributed by atoms with van der Waals surface area (Å²) in [5.74, 6) is 1.72. The Balaban J connectivity index is 2.84. The molecule has 0 bridgehead atoms. The molecule has 0 unspecified atom stereocenters. The van der Waals surface area contributed by atoms with Gasteiger partial charge in [0.2, 0.25) is 0 Å². The van der Waals surface area contributed by atoms with Crippen molar-refractivity contribution in [2.24, 2.45) is 0 Å². The van der Waals surface area contributed by atoms with Gasteiger partial charge in [-0.15, -0.1) is 6.58 Å². The first kappa shape index (κ1) is 13.6. The predicted octanol–water partition coefficient (Wildman–Crippen LogP) is 3.45. The van der Waals surface area contributed by atoms with Crippen LogP contribution in [0, 0.1) is 10.1 Å². The van der Waals surface area contributed by atoms with Gasteiger partial charge in [-0.2, -0.15) is 11.8 Å².